The Morgan fingerprint density at radius 3 is 2.54 bits per heavy atom. The lowest BCUT2D eigenvalue weighted by Crippen LogP contribution is -1.98. The Morgan fingerprint density at radius 2 is 2.15 bits per heavy atom. The van der Waals surface area contributed by atoms with Crippen molar-refractivity contribution in [3.8, 4) is 6.07 Å². The molecule has 0 aliphatic rings. The summed E-state index contributed by atoms with van der Waals surface area (Å²) in [4.78, 5) is 4.13. The maximum atomic E-state index is 8.64. The molecule has 0 unspecified atom stereocenters. The van der Waals surface area contributed by atoms with Crippen LogP contribution in [0.3, 0.4) is 0 Å². The van der Waals surface area contributed by atoms with Crippen molar-refractivity contribution in [2.45, 2.75) is 26.7 Å². The number of pyridine rings is 1. The molecule has 3 heteroatoms. The van der Waals surface area contributed by atoms with Crippen LogP contribution in [0.2, 0.25) is 5.02 Å². The molecule has 1 aromatic heterocycles. The summed E-state index contributed by atoms with van der Waals surface area (Å²) in [6, 6.07) is 3.59. The highest BCUT2D eigenvalue weighted by Crippen LogP contribution is 2.26. The highest BCUT2D eigenvalue weighted by Gasteiger charge is 2.10. The summed E-state index contributed by atoms with van der Waals surface area (Å²) in [5.41, 5.74) is 2.26. The van der Waals surface area contributed by atoms with Crippen molar-refractivity contribution in [2.75, 3.05) is 0 Å². The summed E-state index contributed by atoms with van der Waals surface area (Å²) in [5.74, 6) is 0.341. The number of hydrogen-bond acceptors (Lipinski definition) is 2. The largest absolute Gasteiger partial charge is 0.242 e. The van der Waals surface area contributed by atoms with Crippen molar-refractivity contribution < 1.29 is 0 Å². The van der Waals surface area contributed by atoms with Crippen LogP contribution in [0.1, 0.15) is 36.7 Å². The zero-order chi connectivity index (χ0) is 10.0. The van der Waals surface area contributed by atoms with E-state index in [9.17, 15) is 0 Å². The van der Waals surface area contributed by atoms with Gasteiger partial charge in [0.15, 0.2) is 0 Å². The maximum Gasteiger partial charge on any atom is 0.142 e. The van der Waals surface area contributed by atoms with Crippen molar-refractivity contribution in [3.63, 3.8) is 0 Å². The average Bonchev–Trinajstić information content (AvgIpc) is 2.02. The van der Waals surface area contributed by atoms with Crippen molar-refractivity contribution in [2.24, 2.45) is 0 Å². The van der Waals surface area contributed by atoms with Crippen LogP contribution in [0.15, 0.2) is 6.07 Å². The summed E-state index contributed by atoms with van der Waals surface area (Å²) in [5, 5.41) is 9.28. The predicted molar refractivity (Wildman–Crippen MR) is 52.8 cm³/mol. The maximum absolute atomic E-state index is 8.64. The van der Waals surface area contributed by atoms with Crippen molar-refractivity contribution in [1.29, 1.82) is 5.26 Å². The van der Waals surface area contributed by atoms with Gasteiger partial charge in [-0.3, -0.25) is 0 Å². The van der Waals surface area contributed by atoms with Crippen molar-refractivity contribution in [1.82, 2.24) is 4.98 Å². The Hall–Kier alpha value is -1.07. The Balaban J connectivity index is 3.33. The number of rotatable bonds is 1. The van der Waals surface area contributed by atoms with Gasteiger partial charge in [0.2, 0.25) is 0 Å². The van der Waals surface area contributed by atoms with E-state index in [-0.39, 0.29) is 0 Å². The van der Waals surface area contributed by atoms with E-state index < -0.39 is 0 Å². The number of hydrogen-bond donors (Lipinski definition) is 0. The fourth-order valence-electron chi connectivity index (χ4n) is 1.39. The van der Waals surface area contributed by atoms with Gasteiger partial charge in [-0.2, -0.15) is 5.26 Å². The molecule has 2 nitrogen and oxygen atoms in total. The Bertz CT molecular complexity index is 341. The zero-order valence-electron chi connectivity index (χ0n) is 7.93. The molecule has 0 radical (unpaired) electrons. The van der Waals surface area contributed by atoms with Crippen LogP contribution in [0.4, 0.5) is 0 Å². The minimum Gasteiger partial charge on any atom is -0.242 e. The highest BCUT2D eigenvalue weighted by molar-refractivity contribution is 6.31. The second kappa shape index (κ2) is 3.76. The summed E-state index contributed by atoms with van der Waals surface area (Å²) < 4.78 is 0. The second-order valence-corrected chi connectivity index (χ2v) is 3.66. The molecule has 0 N–H and O–H groups in total. The van der Waals surface area contributed by atoms with Crippen LogP contribution in [-0.4, -0.2) is 4.98 Å². The first kappa shape index (κ1) is 10.0. The van der Waals surface area contributed by atoms with Crippen LogP contribution >= 0.6 is 11.6 Å². The third-order valence-corrected chi connectivity index (χ3v) is 2.20. The zero-order valence-corrected chi connectivity index (χ0v) is 8.68. The molecule has 1 rings (SSSR count). The summed E-state index contributed by atoms with van der Waals surface area (Å²) in [6.45, 7) is 5.99. The normalized spacial score (nSPS) is 10.2. The Morgan fingerprint density at radius 1 is 1.54 bits per heavy atom. The molecule has 68 valence electrons. The van der Waals surface area contributed by atoms with Crippen LogP contribution in [0.25, 0.3) is 0 Å². The summed E-state index contributed by atoms with van der Waals surface area (Å²) >= 11 is 6.02. The van der Waals surface area contributed by atoms with Crippen LogP contribution in [0, 0.1) is 18.3 Å². The molecule has 1 heterocycles. The van der Waals surface area contributed by atoms with Crippen LogP contribution < -0.4 is 0 Å². The van der Waals surface area contributed by atoms with Gasteiger partial charge in [0.05, 0.1) is 0 Å². The molecular formula is C10H11ClN2. The number of halogens is 1. The molecule has 13 heavy (non-hydrogen) atoms. The average molecular weight is 195 g/mol. The van der Waals surface area contributed by atoms with E-state index in [2.05, 4.69) is 18.8 Å². The standard InChI is InChI=1S/C10H11ClN2/c1-6(2)10-7(3)13-8(5-12)4-9(10)11/h4,6H,1-3H3. The molecule has 0 aliphatic carbocycles. The first-order chi connectivity index (χ1) is 6.06. The summed E-state index contributed by atoms with van der Waals surface area (Å²) in [7, 11) is 0. The molecule has 0 spiro atoms. The number of nitriles is 1. The van der Waals surface area contributed by atoms with E-state index in [0.29, 0.717) is 16.6 Å². The Labute approximate surface area is 83.2 Å². The first-order valence-corrected chi connectivity index (χ1v) is 4.51. The minimum absolute atomic E-state index is 0.341. The molecule has 0 saturated heterocycles. The second-order valence-electron chi connectivity index (χ2n) is 3.25. The number of aryl methyl sites for hydroxylation is 1. The van der Waals surface area contributed by atoms with Gasteiger partial charge in [-0.15, -0.1) is 0 Å². The van der Waals surface area contributed by atoms with E-state index in [1.54, 1.807) is 6.07 Å². The van der Waals surface area contributed by atoms with Gasteiger partial charge in [-0.25, -0.2) is 4.98 Å². The van der Waals surface area contributed by atoms with Gasteiger partial charge < -0.3 is 0 Å². The third-order valence-electron chi connectivity index (χ3n) is 1.89. The van der Waals surface area contributed by atoms with Crippen LogP contribution in [0.5, 0.6) is 0 Å². The van der Waals surface area contributed by atoms with Gasteiger partial charge in [0, 0.05) is 10.7 Å². The van der Waals surface area contributed by atoms with E-state index in [4.69, 9.17) is 16.9 Å². The molecule has 1 aromatic rings. The fourth-order valence-corrected chi connectivity index (χ4v) is 1.85. The van der Waals surface area contributed by atoms with Gasteiger partial charge in [0.1, 0.15) is 11.8 Å². The van der Waals surface area contributed by atoms with E-state index >= 15 is 0 Å². The fraction of sp³-hybridized carbons (Fsp3) is 0.400. The molecule has 0 fully saturated rings. The van der Waals surface area contributed by atoms with E-state index in [0.717, 1.165) is 11.3 Å². The predicted octanol–water partition coefficient (Wildman–Crippen LogP) is 3.04. The topological polar surface area (TPSA) is 36.7 Å². The molecular weight excluding hydrogens is 184 g/mol. The van der Waals surface area contributed by atoms with Gasteiger partial charge in [0.25, 0.3) is 0 Å². The molecule has 0 saturated carbocycles. The molecule has 0 aromatic carbocycles. The molecule has 0 aliphatic heterocycles. The van der Waals surface area contributed by atoms with E-state index in [1.807, 2.05) is 13.0 Å². The monoisotopic (exact) mass is 194 g/mol. The third kappa shape index (κ3) is 1.99. The van der Waals surface area contributed by atoms with Crippen LogP contribution in [-0.2, 0) is 0 Å². The van der Waals surface area contributed by atoms with Gasteiger partial charge in [-0.05, 0) is 24.5 Å². The number of nitrogens with zero attached hydrogens (tertiary/aromatic N) is 2. The minimum atomic E-state index is 0.341. The smallest absolute Gasteiger partial charge is 0.142 e. The van der Waals surface area contributed by atoms with Gasteiger partial charge >= 0.3 is 0 Å². The highest BCUT2D eigenvalue weighted by atomic mass is 35.5. The molecule has 0 atom stereocenters. The van der Waals surface area contributed by atoms with E-state index in [1.165, 1.54) is 0 Å². The lowest BCUT2D eigenvalue weighted by Gasteiger charge is -2.10. The van der Waals surface area contributed by atoms with Crippen molar-refractivity contribution in [3.05, 3.63) is 28.0 Å². The molecule has 0 amide bonds. The quantitative estimate of drug-likeness (QED) is 0.689. The lowest BCUT2D eigenvalue weighted by atomic mass is 10.0. The molecule has 0 bridgehead atoms. The lowest BCUT2D eigenvalue weighted by molar-refractivity contribution is 0.841. The SMILES string of the molecule is Cc1nc(C#N)cc(Cl)c1C(C)C. The summed E-state index contributed by atoms with van der Waals surface area (Å²) in [6.07, 6.45) is 0. The van der Waals surface area contributed by atoms with Crippen molar-refractivity contribution >= 4 is 11.6 Å². The number of aromatic nitrogens is 1. The van der Waals surface area contributed by atoms with Gasteiger partial charge in [-0.1, -0.05) is 25.4 Å². The Kier molecular flexibility index (Phi) is 2.90. The first-order valence-electron chi connectivity index (χ1n) is 4.13.